The molecule has 0 fully saturated rings. The van der Waals surface area contributed by atoms with E-state index in [1.807, 2.05) is 6.07 Å². The molecule has 0 unspecified atom stereocenters. The topological polar surface area (TPSA) is 52.3 Å². The van der Waals surface area contributed by atoms with Gasteiger partial charge in [-0.25, -0.2) is 0 Å². The zero-order valence-electron chi connectivity index (χ0n) is 13.3. The van der Waals surface area contributed by atoms with E-state index in [2.05, 4.69) is 35.5 Å². The molecule has 0 aliphatic rings. The summed E-state index contributed by atoms with van der Waals surface area (Å²) in [6.45, 7) is 9.61. The Hall–Kier alpha value is -1.45. The second-order valence-corrected chi connectivity index (χ2v) is 7.04. The van der Waals surface area contributed by atoms with Crippen molar-refractivity contribution in [1.29, 1.82) is 0 Å². The summed E-state index contributed by atoms with van der Waals surface area (Å²) >= 11 is 0. The average Bonchev–Trinajstić information content (AvgIpc) is 2.36. The summed E-state index contributed by atoms with van der Waals surface area (Å²) in [7, 11) is 2.22. The molecule has 0 aromatic heterocycles. The number of ether oxygens (including phenoxy) is 1. The highest BCUT2D eigenvalue weighted by molar-refractivity contribution is 6.08. The fraction of sp³-hybridized carbons (Fsp3) is 0.562. The zero-order valence-corrected chi connectivity index (χ0v) is 13.3. The van der Waals surface area contributed by atoms with E-state index >= 15 is 0 Å². The number of nitrogens with two attached hydrogens (primary N) is 1. The SMILES string of the molecule is BCC(C)(C)CC(C)(C)COc1cccc(C(N)=O)c1. The Labute approximate surface area is 123 Å². The number of primary amides is 1. The Kier molecular flexibility index (Phi) is 5.26. The Morgan fingerprint density at radius 3 is 2.45 bits per heavy atom. The second kappa shape index (κ2) is 6.34. The number of benzene rings is 1. The Morgan fingerprint density at radius 2 is 1.90 bits per heavy atom. The van der Waals surface area contributed by atoms with E-state index in [4.69, 9.17) is 10.5 Å². The molecule has 110 valence electrons. The monoisotopic (exact) mass is 275 g/mol. The van der Waals surface area contributed by atoms with Gasteiger partial charge in [0.2, 0.25) is 5.91 Å². The number of hydrogen-bond donors (Lipinski definition) is 1. The van der Waals surface area contributed by atoms with Gasteiger partial charge in [-0.2, -0.15) is 0 Å². The summed E-state index contributed by atoms with van der Waals surface area (Å²) in [5.41, 5.74) is 6.15. The standard InChI is InChI=1S/C16H26BNO2/c1-15(2,10-17)9-16(3,4)11-20-13-7-5-6-12(8-13)14(18)19/h5-8H,9-11,17H2,1-4H3,(H2,18,19). The number of hydrogen-bond acceptors (Lipinski definition) is 2. The van der Waals surface area contributed by atoms with Crippen molar-refractivity contribution >= 4 is 13.8 Å². The van der Waals surface area contributed by atoms with Crippen LogP contribution >= 0.6 is 0 Å². The van der Waals surface area contributed by atoms with Crippen LogP contribution in [0.2, 0.25) is 6.32 Å². The lowest BCUT2D eigenvalue weighted by atomic mass is 9.69. The molecule has 1 aromatic rings. The summed E-state index contributed by atoms with van der Waals surface area (Å²) in [6.07, 6.45) is 2.24. The summed E-state index contributed by atoms with van der Waals surface area (Å²) in [6, 6.07) is 7.04. The lowest BCUT2D eigenvalue weighted by molar-refractivity contribution is 0.0999. The maximum absolute atomic E-state index is 11.1. The highest BCUT2D eigenvalue weighted by Gasteiger charge is 2.28. The van der Waals surface area contributed by atoms with Crippen LogP contribution in [0.3, 0.4) is 0 Å². The summed E-state index contributed by atoms with van der Waals surface area (Å²) in [5, 5.41) is 0. The number of amides is 1. The van der Waals surface area contributed by atoms with Crippen molar-refractivity contribution in [1.82, 2.24) is 0 Å². The molecule has 0 saturated heterocycles. The van der Waals surface area contributed by atoms with E-state index in [9.17, 15) is 4.79 Å². The highest BCUT2D eigenvalue weighted by Crippen LogP contribution is 2.36. The van der Waals surface area contributed by atoms with Gasteiger partial charge in [-0.05, 0) is 35.4 Å². The van der Waals surface area contributed by atoms with E-state index in [0.29, 0.717) is 23.3 Å². The van der Waals surface area contributed by atoms with Gasteiger partial charge < -0.3 is 10.5 Å². The predicted molar refractivity (Wildman–Crippen MR) is 86.0 cm³/mol. The molecule has 0 atom stereocenters. The Bertz CT molecular complexity index is 469. The van der Waals surface area contributed by atoms with Crippen molar-refractivity contribution < 1.29 is 9.53 Å². The fourth-order valence-corrected chi connectivity index (χ4v) is 2.49. The molecule has 4 heteroatoms. The molecule has 1 aromatic carbocycles. The molecule has 2 N–H and O–H groups in total. The Morgan fingerprint density at radius 1 is 1.25 bits per heavy atom. The van der Waals surface area contributed by atoms with Gasteiger partial charge in [0.1, 0.15) is 13.6 Å². The van der Waals surface area contributed by atoms with Gasteiger partial charge in [0.15, 0.2) is 0 Å². The molecule has 20 heavy (non-hydrogen) atoms. The second-order valence-electron chi connectivity index (χ2n) is 7.04. The minimum atomic E-state index is -0.429. The molecule has 1 amide bonds. The summed E-state index contributed by atoms with van der Waals surface area (Å²) in [4.78, 5) is 11.1. The molecular formula is C16H26BNO2. The average molecular weight is 275 g/mol. The minimum Gasteiger partial charge on any atom is -0.493 e. The molecule has 1 rings (SSSR count). The van der Waals surface area contributed by atoms with Crippen LogP contribution in [0.5, 0.6) is 5.75 Å². The van der Waals surface area contributed by atoms with Crippen molar-refractivity contribution in [3.8, 4) is 5.75 Å². The predicted octanol–water partition coefficient (Wildman–Crippen LogP) is 2.66. The van der Waals surface area contributed by atoms with Gasteiger partial charge in [-0.15, -0.1) is 0 Å². The van der Waals surface area contributed by atoms with Gasteiger partial charge in [0.05, 0.1) is 6.61 Å². The van der Waals surface area contributed by atoms with Crippen LogP contribution in [0.1, 0.15) is 44.5 Å². The van der Waals surface area contributed by atoms with Crippen LogP contribution in [0.4, 0.5) is 0 Å². The van der Waals surface area contributed by atoms with E-state index in [-0.39, 0.29) is 5.41 Å². The molecule has 0 radical (unpaired) electrons. The van der Waals surface area contributed by atoms with Crippen molar-refractivity contribution in [2.75, 3.05) is 6.61 Å². The lowest BCUT2D eigenvalue weighted by Crippen LogP contribution is -2.28. The Balaban J connectivity index is 2.66. The van der Waals surface area contributed by atoms with Gasteiger partial charge >= 0.3 is 0 Å². The first-order valence-electron chi connectivity index (χ1n) is 7.18. The number of carbonyl (C=O) groups excluding carboxylic acids is 1. The molecule has 3 nitrogen and oxygen atoms in total. The molecular weight excluding hydrogens is 249 g/mol. The van der Waals surface area contributed by atoms with Crippen molar-refractivity contribution in [3.63, 3.8) is 0 Å². The molecule has 0 aliphatic carbocycles. The molecule has 0 saturated carbocycles. The van der Waals surface area contributed by atoms with Crippen LogP contribution in [0.15, 0.2) is 24.3 Å². The quantitative estimate of drug-likeness (QED) is 0.778. The number of rotatable bonds is 7. The van der Waals surface area contributed by atoms with Crippen molar-refractivity contribution in [2.45, 2.75) is 40.4 Å². The van der Waals surface area contributed by atoms with Crippen LogP contribution in [-0.4, -0.2) is 20.4 Å². The van der Waals surface area contributed by atoms with Gasteiger partial charge in [0.25, 0.3) is 0 Å². The van der Waals surface area contributed by atoms with E-state index in [1.165, 1.54) is 0 Å². The van der Waals surface area contributed by atoms with E-state index in [0.717, 1.165) is 12.7 Å². The van der Waals surface area contributed by atoms with Crippen LogP contribution in [0, 0.1) is 10.8 Å². The summed E-state index contributed by atoms with van der Waals surface area (Å²) < 4.78 is 5.84. The lowest BCUT2D eigenvalue weighted by Gasteiger charge is -2.34. The normalized spacial score (nSPS) is 12.2. The summed E-state index contributed by atoms with van der Waals surface area (Å²) in [5.74, 6) is 0.269. The molecule has 0 bridgehead atoms. The largest absolute Gasteiger partial charge is 0.493 e. The third kappa shape index (κ3) is 5.28. The maximum atomic E-state index is 11.1. The van der Waals surface area contributed by atoms with Crippen molar-refractivity contribution in [2.24, 2.45) is 16.6 Å². The van der Waals surface area contributed by atoms with Crippen LogP contribution in [0.25, 0.3) is 0 Å². The van der Waals surface area contributed by atoms with E-state index in [1.54, 1.807) is 18.2 Å². The minimum absolute atomic E-state index is 0.0856. The first-order valence-corrected chi connectivity index (χ1v) is 7.18. The zero-order chi connectivity index (χ0) is 15.4. The molecule has 0 spiro atoms. The number of carbonyl (C=O) groups is 1. The molecule has 0 heterocycles. The van der Waals surface area contributed by atoms with Crippen LogP contribution in [-0.2, 0) is 0 Å². The van der Waals surface area contributed by atoms with Gasteiger partial charge in [-0.3, -0.25) is 4.79 Å². The third-order valence-electron chi connectivity index (χ3n) is 3.66. The third-order valence-corrected chi connectivity index (χ3v) is 3.66. The smallest absolute Gasteiger partial charge is 0.248 e. The fourth-order valence-electron chi connectivity index (χ4n) is 2.49. The van der Waals surface area contributed by atoms with Crippen molar-refractivity contribution in [3.05, 3.63) is 29.8 Å². The highest BCUT2D eigenvalue weighted by atomic mass is 16.5. The maximum Gasteiger partial charge on any atom is 0.248 e. The first-order chi connectivity index (χ1) is 9.15. The van der Waals surface area contributed by atoms with Crippen LogP contribution < -0.4 is 10.5 Å². The van der Waals surface area contributed by atoms with E-state index < -0.39 is 5.91 Å². The molecule has 0 aliphatic heterocycles. The van der Waals surface area contributed by atoms with Gasteiger partial charge in [0, 0.05) is 5.56 Å². The first kappa shape index (κ1) is 16.6. The van der Waals surface area contributed by atoms with Gasteiger partial charge in [-0.1, -0.05) is 40.1 Å².